The Morgan fingerprint density at radius 2 is 2.00 bits per heavy atom. The summed E-state index contributed by atoms with van der Waals surface area (Å²) in [7, 11) is 0. The van der Waals surface area contributed by atoms with Crippen LogP contribution in [0, 0.1) is 6.92 Å². The minimum Gasteiger partial charge on any atom is -0.390 e. The van der Waals surface area contributed by atoms with Crippen molar-refractivity contribution >= 4 is 12.0 Å². The highest BCUT2D eigenvalue weighted by molar-refractivity contribution is 5.57. The van der Waals surface area contributed by atoms with Crippen molar-refractivity contribution in [2.24, 2.45) is 10.7 Å². The van der Waals surface area contributed by atoms with Gasteiger partial charge in [-0.3, -0.25) is 0 Å². The van der Waals surface area contributed by atoms with Crippen molar-refractivity contribution in [1.82, 2.24) is 10.6 Å². The van der Waals surface area contributed by atoms with E-state index in [2.05, 4.69) is 66.1 Å². The maximum atomic E-state index is 5.50. The van der Waals surface area contributed by atoms with Crippen molar-refractivity contribution < 1.29 is 0 Å². The van der Waals surface area contributed by atoms with E-state index in [1.807, 2.05) is 0 Å². The molecule has 1 aliphatic carbocycles. The van der Waals surface area contributed by atoms with Crippen LogP contribution in [0.3, 0.4) is 0 Å². The van der Waals surface area contributed by atoms with Gasteiger partial charge in [-0.2, -0.15) is 0 Å². The van der Waals surface area contributed by atoms with E-state index in [-0.39, 0.29) is 0 Å². The summed E-state index contributed by atoms with van der Waals surface area (Å²) in [5, 5.41) is 7.03. The van der Waals surface area contributed by atoms with Crippen LogP contribution in [0.25, 0.3) is 0 Å². The predicted molar refractivity (Wildman–Crippen MR) is 131 cm³/mol. The average Bonchev–Trinajstić information content (AvgIpc) is 2.75. The molecule has 0 heterocycles. The summed E-state index contributed by atoms with van der Waals surface area (Å²) < 4.78 is 0. The van der Waals surface area contributed by atoms with Gasteiger partial charge in [0.2, 0.25) is 0 Å². The Hall–Kier alpha value is -2.27. The molecule has 0 radical (unpaired) electrons. The van der Waals surface area contributed by atoms with E-state index in [1.54, 1.807) is 0 Å². The molecule has 0 aromatic heterocycles. The summed E-state index contributed by atoms with van der Waals surface area (Å²) >= 11 is 0. The van der Waals surface area contributed by atoms with Crippen molar-refractivity contribution in [3.63, 3.8) is 0 Å². The minimum atomic E-state index is 0.861. The number of aryl methyl sites for hydroxylation is 1. The molecule has 5 nitrogen and oxygen atoms in total. The molecule has 5 heteroatoms. The first kappa shape index (κ1) is 24.0. The Morgan fingerprint density at radius 1 is 1.20 bits per heavy atom. The van der Waals surface area contributed by atoms with E-state index in [9.17, 15) is 0 Å². The van der Waals surface area contributed by atoms with Crippen molar-refractivity contribution in [3.05, 3.63) is 52.9 Å². The average molecular weight is 412 g/mol. The largest absolute Gasteiger partial charge is 0.390 e. The summed E-state index contributed by atoms with van der Waals surface area (Å²) in [6.45, 7) is 15.7. The molecule has 0 unspecified atom stereocenters. The fraction of sp³-hybridized carbons (Fsp3) is 0.560. The number of nitrogens with one attached hydrogen (secondary N) is 2. The summed E-state index contributed by atoms with van der Waals surface area (Å²) in [5.41, 5.74) is 13.1. The topological polar surface area (TPSA) is 65.7 Å². The Balaban J connectivity index is 1.78. The first-order valence-electron chi connectivity index (χ1n) is 11.6. The molecule has 2 rings (SSSR count). The lowest BCUT2D eigenvalue weighted by Gasteiger charge is -2.27. The summed E-state index contributed by atoms with van der Waals surface area (Å²) in [4.78, 5) is 6.83. The number of hydrogen-bond donors (Lipinski definition) is 3. The van der Waals surface area contributed by atoms with Gasteiger partial charge < -0.3 is 21.3 Å². The molecule has 0 spiro atoms. The van der Waals surface area contributed by atoms with Gasteiger partial charge >= 0.3 is 0 Å². The highest BCUT2D eigenvalue weighted by atomic mass is 15.1. The molecule has 1 aliphatic rings. The third kappa shape index (κ3) is 6.91. The van der Waals surface area contributed by atoms with Gasteiger partial charge in [-0.05, 0) is 68.7 Å². The fourth-order valence-electron chi connectivity index (χ4n) is 4.20. The number of aliphatic imine (C=N–C) groups is 1. The smallest absolute Gasteiger partial charge is 0.0856 e. The SMILES string of the molecule is C=C(NCCNCCN(CC)c1cccc(C)c1CCC)C1=C(N=CN)CCCC1. The fourth-order valence-corrected chi connectivity index (χ4v) is 4.20. The Morgan fingerprint density at radius 3 is 2.73 bits per heavy atom. The minimum absolute atomic E-state index is 0.861. The van der Waals surface area contributed by atoms with Gasteiger partial charge in [-0.1, -0.05) is 32.1 Å². The van der Waals surface area contributed by atoms with Gasteiger partial charge in [0.05, 0.1) is 6.34 Å². The number of benzene rings is 1. The predicted octanol–water partition coefficient (Wildman–Crippen LogP) is 4.28. The number of nitrogens with zero attached hydrogens (tertiary/aromatic N) is 2. The zero-order valence-corrected chi connectivity index (χ0v) is 19.3. The normalized spacial score (nSPS) is 14.4. The molecule has 0 amide bonds. The van der Waals surface area contributed by atoms with Crippen LogP contribution in [0.4, 0.5) is 5.69 Å². The number of anilines is 1. The lowest BCUT2D eigenvalue weighted by Crippen LogP contribution is -2.35. The molecule has 4 N–H and O–H groups in total. The van der Waals surface area contributed by atoms with E-state index in [0.717, 1.165) is 63.4 Å². The number of nitrogens with two attached hydrogens (primary N) is 1. The first-order valence-corrected chi connectivity index (χ1v) is 11.6. The maximum Gasteiger partial charge on any atom is 0.0856 e. The van der Waals surface area contributed by atoms with Crippen molar-refractivity contribution in [2.75, 3.05) is 37.6 Å². The van der Waals surface area contributed by atoms with Crippen LogP contribution >= 0.6 is 0 Å². The van der Waals surface area contributed by atoms with E-state index in [0.29, 0.717) is 0 Å². The third-order valence-electron chi connectivity index (χ3n) is 5.84. The summed E-state index contributed by atoms with van der Waals surface area (Å²) in [6, 6.07) is 6.68. The molecule has 30 heavy (non-hydrogen) atoms. The quantitative estimate of drug-likeness (QED) is 0.257. The van der Waals surface area contributed by atoms with Crippen LogP contribution in [-0.4, -0.2) is 39.1 Å². The van der Waals surface area contributed by atoms with E-state index in [1.165, 1.54) is 48.0 Å². The zero-order valence-electron chi connectivity index (χ0n) is 19.3. The van der Waals surface area contributed by atoms with Gasteiger partial charge in [0.15, 0.2) is 0 Å². The highest BCUT2D eigenvalue weighted by Gasteiger charge is 2.14. The van der Waals surface area contributed by atoms with E-state index in [4.69, 9.17) is 5.73 Å². The molecule has 0 fully saturated rings. The molecule has 0 saturated carbocycles. The Bertz CT molecular complexity index is 735. The van der Waals surface area contributed by atoms with Gasteiger partial charge in [0.1, 0.15) is 0 Å². The zero-order chi connectivity index (χ0) is 21.8. The monoisotopic (exact) mass is 411 g/mol. The van der Waals surface area contributed by atoms with Crippen LogP contribution in [0.5, 0.6) is 0 Å². The molecule has 1 aromatic carbocycles. The molecule has 1 aromatic rings. The van der Waals surface area contributed by atoms with Gasteiger partial charge in [0.25, 0.3) is 0 Å². The van der Waals surface area contributed by atoms with Gasteiger partial charge in [-0.15, -0.1) is 0 Å². The first-order chi connectivity index (χ1) is 14.6. The number of hydrogen-bond acceptors (Lipinski definition) is 4. The number of rotatable bonds is 13. The molecule has 0 saturated heterocycles. The van der Waals surface area contributed by atoms with E-state index < -0.39 is 0 Å². The number of allylic oxidation sites excluding steroid dienone is 2. The van der Waals surface area contributed by atoms with Crippen molar-refractivity contribution in [2.45, 2.75) is 59.3 Å². The second kappa shape index (κ2) is 13.1. The molecular formula is C25H41N5. The maximum absolute atomic E-state index is 5.50. The van der Waals surface area contributed by atoms with Crippen LogP contribution in [-0.2, 0) is 6.42 Å². The second-order valence-electron chi connectivity index (χ2n) is 7.97. The van der Waals surface area contributed by atoms with Crippen LogP contribution in [0.2, 0.25) is 0 Å². The van der Waals surface area contributed by atoms with Gasteiger partial charge in [0, 0.05) is 49.8 Å². The molecular weight excluding hydrogens is 370 g/mol. The lowest BCUT2D eigenvalue weighted by atomic mass is 9.94. The standard InChI is InChI=1S/C25H41N5/c1-5-10-22-20(3)11-9-14-25(22)30(6-2)18-17-27-15-16-28-21(4)23-12-7-8-13-24(23)29-19-26/h9,11,14,19,27-28H,4-8,10,12-13,15-18H2,1-3H3,(H2,26,29). The van der Waals surface area contributed by atoms with Crippen LogP contribution in [0.1, 0.15) is 57.1 Å². The van der Waals surface area contributed by atoms with Gasteiger partial charge in [-0.25, -0.2) is 4.99 Å². The third-order valence-corrected chi connectivity index (χ3v) is 5.84. The summed E-state index contributed by atoms with van der Waals surface area (Å²) in [6.07, 6.45) is 8.13. The molecule has 0 bridgehead atoms. The Labute approximate surface area is 183 Å². The number of likely N-dealkylation sites (N-methyl/N-ethyl adjacent to an activating group) is 1. The van der Waals surface area contributed by atoms with E-state index >= 15 is 0 Å². The van der Waals surface area contributed by atoms with Crippen LogP contribution in [0.15, 0.2) is 46.7 Å². The molecule has 166 valence electrons. The lowest BCUT2D eigenvalue weighted by molar-refractivity contribution is 0.624. The van der Waals surface area contributed by atoms with Crippen LogP contribution < -0.4 is 21.3 Å². The molecule has 0 aliphatic heterocycles. The van der Waals surface area contributed by atoms with Crippen molar-refractivity contribution in [1.29, 1.82) is 0 Å². The molecule has 0 atom stereocenters. The highest BCUT2D eigenvalue weighted by Crippen LogP contribution is 2.28. The second-order valence-corrected chi connectivity index (χ2v) is 7.97. The Kier molecular flexibility index (Phi) is 10.5. The van der Waals surface area contributed by atoms with Crippen molar-refractivity contribution in [3.8, 4) is 0 Å². The summed E-state index contributed by atoms with van der Waals surface area (Å²) in [5.74, 6) is 0.